The molecule has 0 atom stereocenters. The van der Waals surface area contributed by atoms with Gasteiger partial charge in [0.2, 0.25) is 0 Å². The molecule has 1 aromatic carbocycles. The third-order valence-electron chi connectivity index (χ3n) is 4.63. The maximum absolute atomic E-state index is 12.2. The van der Waals surface area contributed by atoms with E-state index in [4.69, 9.17) is 0 Å². The molecule has 21 heavy (non-hydrogen) atoms. The number of halogens is 1. The maximum Gasteiger partial charge on any atom is 0.251 e. The number of aryl methyl sites for hydroxylation is 1. The van der Waals surface area contributed by atoms with Gasteiger partial charge in [-0.25, -0.2) is 0 Å². The first-order valence-electron chi connectivity index (χ1n) is 7.70. The normalized spacial score (nSPS) is 25.6. The number of rotatable bonds is 4. The van der Waals surface area contributed by atoms with Crippen LogP contribution in [0.4, 0.5) is 0 Å². The molecule has 1 saturated carbocycles. The van der Waals surface area contributed by atoms with Gasteiger partial charge in [-0.2, -0.15) is 0 Å². The fourth-order valence-electron chi connectivity index (χ4n) is 2.88. The minimum Gasteiger partial charge on any atom is -0.388 e. The Morgan fingerprint density at radius 1 is 1.43 bits per heavy atom. The van der Waals surface area contributed by atoms with E-state index in [0.29, 0.717) is 12.1 Å². The van der Waals surface area contributed by atoms with Crippen molar-refractivity contribution < 1.29 is 9.90 Å². The number of carbonyl (C=O) groups is 1. The van der Waals surface area contributed by atoms with Crippen molar-refractivity contribution in [3.63, 3.8) is 0 Å². The van der Waals surface area contributed by atoms with Crippen LogP contribution < -0.4 is 5.32 Å². The molecule has 4 heteroatoms. The number of hydrogen-bond donors (Lipinski definition) is 2. The van der Waals surface area contributed by atoms with E-state index < -0.39 is 5.60 Å². The van der Waals surface area contributed by atoms with Gasteiger partial charge in [0.25, 0.3) is 5.91 Å². The van der Waals surface area contributed by atoms with Gasteiger partial charge in [-0.3, -0.25) is 4.79 Å². The highest BCUT2D eigenvalue weighted by Crippen LogP contribution is 2.33. The molecule has 1 aromatic rings. The standard InChI is InChI=1S/C17H24BrNO2/c1-3-13-6-8-17(21,9-7-13)11-19-16(20)14-5-4-12(2)15(18)10-14/h4-5,10,13,21H,3,6-9,11H2,1-2H3,(H,19,20). The lowest BCUT2D eigenvalue weighted by atomic mass is 9.78. The van der Waals surface area contributed by atoms with Gasteiger partial charge in [-0.1, -0.05) is 35.3 Å². The van der Waals surface area contributed by atoms with Crippen LogP contribution in [0.15, 0.2) is 22.7 Å². The molecule has 1 aliphatic rings. The van der Waals surface area contributed by atoms with Crippen LogP contribution in [-0.4, -0.2) is 23.2 Å². The molecular formula is C17H24BrNO2. The van der Waals surface area contributed by atoms with Gasteiger partial charge in [0.15, 0.2) is 0 Å². The van der Waals surface area contributed by atoms with Crippen molar-refractivity contribution in [3.8, 4) is 0 Å². The van der Waals surface area contributed by atoms with Crippen LogP contribution in [0.25, 0.3) is 0 Å². The first-order valence-corrected chi connectivity index (χ1v) is 8.49. The molecule has 2 N–H and O–H groups in total. The predicted octanol–water partition coefficient (Wildman–Crippen LogP) is 3.82. The lowest BCUT2D eigenvalue weighted by molar-refractivity contribution is -0.00786. The molecule has 0 bridgehead atoms. The largest absolute Gasteiger partial charge is 0.388 e. The second kappa shape index (κ2) is 6.93. The number of nitrogens with one attached hydrogen (secondary N) is 1. The average Bonchev–Trinajstić information content (AvgIpc) is 2.48. The van der Waals surface area contributed by atoms with Crippen LogP contribution in [-0.2, 0) is 0 Å². The third kappa shape index (κ3) is 4.30. The first kappa shape index (κ1) is 16.5. The molecule has 0 heterocycles. The van der Waals surface area contributed by atoms with Crippen LogP contribution in [0, 0.1) is 12.8 Å². The Bertz CT molecular complexity index is 508. The number of aliphatic hydroxyl groups is 1. The summed E-state index contributed by atoms with van der Waals surface area (Å²) in [5, 5.41) is 13.4. The van der Waals surface area contributed by atoms with Gasteiger partial charge in [0.1, 0.15) is 0 Å². The molecule has 0 unspecified atom stereocenters. The second-order valence-corrected chi connectivity index (χ2v) is 7.08. The molecule has 116 valence electrons. The van der Waals surface area contributed by atoms with E-state index in [1.54, 1.807) is 0 Å². The van der Waals surface area contributed by atoms with Crippen molar-refractivity contribution in [1.29, 1.82) is 0 Å². The van der Waals surface area contributed by atoms with Crippen molar-refractivity contribution in [2.45, 2.75) is 51.6 Å². The van der Waals surface area contributed by atoms with E-state index in [1.165, 1.54) is 6.42 Å². The van der Waals surface area contributed by atoms with Gasteiger partial charge in [-0.05, 0) is 56.2 Å². The summed E-state index contributed by atoms with van der Waals surface area (Å²) in [4.78, 5) is 12.2. The minimum atomic E-state index is -0.733. The molecule has 0 spiro atoms. The lowest BCUT2D eigenvalue weighted by Gasteiger charge is -2.35. The second-order valence-electron chi connectivity index (χ2n) is 6.22. The van der Waals surface area contributed by atoms with E-state index in [0.717, 1.165) is 41.6 Å². The molecule has 2 rings (SSSR count). The average molecular weight is 354 g/mol. The Hall–Kier alpha value is -0.870. The van der Waals surface area contributed by atoms with Crippen LogP contribution in [0.1, 0.15) is 54.9 Å². The minimum absolute atomic E-state index is 0.123. The van der Waals surface area contributed by atoms with Gasteiger partial charge in [0, 0.05) is 16.6 Å². The summed E-state index contributed by atoms with van der Waals surface area (Å²) in [6.07, 6.45) is 4.85. The molecule has 1 aliphatic carbocycles. The topological polar surface area (TPSA) is 49.3 Å². The highest BCUT2D eigenvalue weighted by Gasteiger charge is 2.32. The molecule has 0 aliphatic heterocycles. The summed E-state index contributed by atoms with van der Waals surface area (Å²) in [7, 11) is 0. The maximum atomic E-state index is 12.2. The van der Waals surface area contributed by atoms with Gasteiger partial charge >= 0.3 is 0 Å². The fraction of sp³-hybridized carbons (Fsp3) is 0.588. The van der Waals surface area contributed by atoms with Gasteiger partial charge in [0.05, 0.1) is 5.60 Å². The van der Waals surface area contributed by atoms with E-state index in [2.05, 4.69) is 28.2 Å². The number of benzene rings is 1. The highest BCUT2D eigenvalue weighted by molar-refractivity contribution is 9.10. The summed E-state index contributed by atoms with van der Waals surface area (Å²) in [5.41, 5.74) is 0.991. The Balaban J connectivity index is 1.90. The molecule has 1 amide bonds. The number of carbonyl (C=O) groups excluding carboxylic acids is 1. The SMILES string of the molecule is CCC1CCC(O)(CNC(=O)c2ccc(C)c(Br)c2)CC1. The molecule has 3 nitrogen and oxygen atoms in total. The summed E-state index contributed by atoms with van der Waals surface area (Å²) < 4.78 is 0.928. The zero-order valence-electron chi connectivity index (χ0n) is 12.8. The summed E-state index contributed by atoms with van der Waals surface area (Å²) in [6.45, 7) is 4.53. The van der Waals surface area contributed by atoms with Crippen molar-refractivity contribution in [2.75, 3.05) is 6.54 Å². The van der Waals surface area contributed by atoms with Crippen molar-refractivity contribution >= 4 is 21.8 Å². The third-order valence-corrected chi connectivity index (χ3v) is 5.48. The van der Waals surface area contributed by atoms with E-state index in [-0.39, 0.29) is 5.91 Å². The Kier molecular flexibility index (Phi) is 5.44. The Morgan fingerprint density at radius 3 is 2.67 bits per heavy atom. The molecule has 0 saturated heterocycles. The van der Waals surface area contributed by atoms with Crippen LogP contribution >= 0.6 is 15.9 Å². The lowest BCUT2D eigenvalue weighted by Crippen LogP contribution is -2.45. The van der Waals surface area contributed by atoms with Crippen LogP contribution in [0.5, 0.6) is 0 Å². The van der Waals surface area contributed by atoms with Crippen LogP contribution in [0.2, 0.25) is 0 Å². The first-order chi connectivity index (χ1) is 9.93. The Morgan fingerprint density at radius 2 is 2.10 bits per heavy atom. The van der Waals surface area contributed by atoms with Gasteiger partial charge < -0.3 is 10.4 Å². The van der Waals surface area contributed by atoms with Crippen molar-refractivity contribution in [2.24, 2.45) is 5.92 Å². The fourth-order valence-corrected chi connectivity index (χ4v) is 3.26. The monoisotopic (exact) mass is 353 g/mol. The smallest absolute Gasteiger partial charge is 0.251 e. The van der Waals surface area contributed by atoms with E-state index >= 15 is 0 Å². The van der Waals surface area contributed by atoms with Gasteiger partial charge in [-0.15, -0.1) is 0 Å². The molecular weight excluding hydrogens is 330 g/mol. The number of amides is 1. The summed E-state index contributed by atoms with van der Waals surface area (Å²) in [5.74, 6) is 0.607. The van der Waals surface area contributed by atoms with E-state index in [1.807, 2.05) is 25.1 Å². The molecule has 0 radical (unpaired) electrons. The molecule has 1 fully saturated rings. The van der Waals surface area contributed by atoms with E-state index in [9.17, 15) is 9.90 Å². The highest BCUT2D eigenvalue weighted by atomic mass is 79.9. The summed E-state index contributed by atoms with van der Waals surface area (Å²) in [6, 6.07) is 5.55. The Labute approximate surface area is 135 Å². The summed E-state index contributed by atoms with van der Waals surface area (Å²) >= 11 is 3.44. The van der Waals surface area contributed by atoms with Crippen molar-refractivity contribution in [3.05, 3.63) is 33.8 Å². The zero-order valence-corrected chi connectivity index (χ0v) is 14.4. The zero-order chi connectivity index (χ0) is 15.5. The molecule has 0 aromatic heterocycles. The number of hydrogen-bond acceptors (Lipinski definition) is 2. The van der Waals surface area contributed by atoms with Crippen molar-refractivity contribution in [1.82, 2.24) is 5.32 Å². The predicted molar refractivity (Wildman–Crippen MR) is 88.4 cm³/mol. The quantitative estimate of drug-likeness (QED) is 0.864. The van der Waals surface area contributed by atoms with Crippen LogP contribution in [0.3, 0.4) is 0 Å².